The van der Waals surface area contributed by atoms with Crippen molar-refractivity contribution in [2.75, 3.05) is 12.4 Å². The lowest BCUT2D eigenvalue weighted by atomic mass is 10.0. The second-order valence-electron chi connectivity index (χ2n) is 4.60. The molecule has 0 saturated heterocycles. The van der Waals surface area contributed by atoms with Crippen LogP contribution in [-0.2, 0) is 5.75 Å². The number of aryl methyl sites for hydroxylation is 1. The third kappa shape index (κ3) is 5.01. The minimum Gasteiger partial charge on any atom is -0.394 e. The van der Waals surface area contributed by atoms with Crippen molar-refractivity contribution in [1.82, 2.24) is 0 Å². The summed E-state index contributed by atoms with van der Waals surface area (Å²) in [5, 5.41) is 9.01. The predicted molar refractivity (Wildman–Crippen MR) is 71.6 cm³/mol. The maximum atomic E-state index is 9.01. The first-order valence-electron chi connectivity index (χ1n) is 5.56. The lowest BCUT2D eigenvalue weighted by molar-refractivity contribution is 0.206. The zero-order valence-corrected chi connectivity index (χ0v) is 10.9. The van der Waals surface area contributed by atoms with Crippen molar-refractivity contribution in [3.8, 4) is 0 Å². The van der Waals surface area contributed by atoms with Gasteiger partial charge in [-0.1, -0.05) is 29.8 Å². The molecule has 0 aliphatic carbocycles. The molecule has 0 fully saturated rings. The highest BCUT2D eigenvalue weighted by molar-refractivity contribution is 7.98. The summed E-state index contributed by atoms with van der Waals surface area (Å²) >= 11 is 1.87. The average molecular weight is 239 g/mol. The van der Waals surface area contributed by atoms with E-state index in [1.807, 2.05) is 18.7 Å². The maximum absolute atomic E-state index is 9.01. The van der Waals surface area contributed by atoms with Crippen molar-refractivity contribution in [2.45, 2.75) is 31.6 Å². The first-order chi connectivity index (χ1) is 7.53. The molecule has 0 aromatic heterocycles. The van der Waals surface area contributed by atoms with Gasteiger partial charge in [0.15, 0.2) is 0 Å². The highest BCUT2D eigenvalue weighted by atomic mass is 32.2. The molecule has 0 aliphatic heterocycles. The molecule has 1 aromatic carbocycles. The van der Waals surface area contributed by atoms with E-state index in [9.17, 15) is 0 Å². The molecule has 3 heteroatoms. The van der Waals surface area contributed by atoms with Crippen molar-refractivity contribution >= 4 is 11.8 Å². The monoisotopic (exact) mass is 239 g/mol. The molecule has 90 valence electrons. The van der Waals surface area contributed by atoms with Gasteiger partial charge in [0.05, 0.1) is 6.61 Å². The maximum Gasteiger partial charge on any atom is 0.0608 e. The van der Waals surface area contributed by atoms with Gasteiger partial charge in [0.2, 0.25) is 0 Å². The minimum atomic E-state index is -0.431. The molecule has 16 heavy (non-hydrogen) atoms. The van der Waals surface area contributed by atoms with E-state index in [1.165, 1.54) is 11.1 Å². The third-order valence-electron chi connectivity index (χ3n) is 2.53. The van der Waals surface area contributed by atoms with Gasteiger partial charge in [0.1, 0.15) is 0 Å². The molecule has 1 unspecified atom stereocenters. The fourth-order valence-electron chi connectivity index (χ4n) is 1.38. The molecule has 0 amide bonds. The van der Waals surface area contributed by atoms with E-state index in [0.717, 1.165) is 17.9 Å². The molecule has 0 spiro atoms. The van der Waals surface area contributed by atoms with Crippen LogP contribution in [0.1, 0.15) is 24.5 Å². The van der Waals surface area contributed by atoms with Crippen LogP contribution in [0.25, 0.3) is 0 Å². The molecule has 0 bridgehead atoms. The Hall–Kier alpha value is -0.510. The number of hydrogen-bond acceptors (Lipinski definition) is 3. The van der Waals surface area contributed by atoms with Crippen LogP contribution in [-0.4, -0.2) is 23.0 Å². The first kappa shape index (κ1) is 13.6. The van der Waals surface area contributed by atoms with E-state index in [2.05, 4.69) is 31.2 Å². The number of aliphatic hydroxyl groups excluding tert-OH is 1. The molecule has 0 radical (unpaired) electrons. The Kier molecular flexibility index (Phi) is 5.32. The van der Waals surface area contributed by atoms with Crippen LogP contribution in [0.4, 0.5) is 0 Å². The zero-order valence-electron chi connectivity index (χ0n) is 10.1. The number of rotatable bonds is 6. The van der Waals surface area contributed by atoms with E-state index in [1.54, 1.807) is 0 Å². The third-order valence-corrected chi connectivity index (χ3v) is 3.56. The normalized spacial score (nSPS) is 14.8. The predicted octanol–water partition coefficient (Wildman–Crippen LogP) is 2.33. The first-order valence-corrected chi connectivity index (χ1v) is 6.72. The Labute approximate surface area is 102 Å². The smallest absolute Gasteiger partial charge is 0.0608 e. The minimum absolute atomic E-state index is 0.0536. The number of hydrogen-bond donors (Lipinski definition) is 2. The Bertz CT molecular complexity index is 325. The SMILES string of the molecule is Cc1cccc(CSCCC(C)(N)CO)c1. The van der Waals surface area contributed by atoms with Gasteiger partial charge in [0.25, 0.3) is 0 Å². The molecule has 0 heterocycles. The molecule has 3 N–H and O–H groups in total. The van der Waals surface area contributed by atoms with Crippen LogP contribution in [0.3, 0.4) is 0 Å². The van der Waals surface area contributed by atoms with E-state index in [4.69, 9.17) is 10.8 Å². The molecule has 1 atom stereocenters. The molecular weight excluding hydrogens is 218 g/mol. The summed E-state index contributed by atoms with van der Waals surface area (Å²) in [5.74, 6) is 2.00. The zero-order chi connectivity index (χ0) is 12.0. The van der Waals surface area contributed by atoms with Gasteiger partial charge in [-0.2, -0.15) is 11.8 Å². The number of aliphatic hydroxyl groups is 1. The van der Waals surface area contributed by atoms with Crippen LogP contribution < -0.4 is 5.73 Å². The van der Waals surface area contributed by atoms with Crippen LogP contribution in [0.2, 0.25) is 0 Å². The molecule has 1 aromatic rings. The summed E-state index contributed by atoms with van der Waals surface area (Å²) in [6, 6.07) is 8.55. The van der Waals surface area contributed by atoms with Crippen molar-refractivity contribution in [3.05, 3.63) is 35.4 Å². The number of benzene rings is 1. The van der Waals surface area contributed by atoms with Crippen LogP contribution in [0.15, 0.2) is 24.3 Å². The van der Waals surface area contributed by atoms with Gasteiger partial charge >= 0.3 is 0 Å². The fraction of sp³-hybridized carbons (Fsp3) is 0.538. The molecule has 0 aliphatic rings. The van der Waals surface area contributed by atoms with Crippen molar-refractivity contribution in [1.29, 1.82) is 0 Å². The summed E-state index contributed by atoms with van der Waals surface area (Å²) in [7, 11) is 0. The summed E-state index contributed by atoms with van der Waals surface area (Å²) in [4.78, 5) is 0. The Balaban J connectivity index is 2.26. The molecule has 1 rings (SSSR count). The van der Waals surface area contributed by atoms with Crippen molar-refractivity contribution in [3.63, 3.8) is 0 Å². The van der Waals surface area contributed by atoms with E-state index in [-0.39, 0.29) is 6.61 Å². The molecule has 0 saturated carbocycles. The van der Waals surface area contributed by atoms with Gasteiger partial charge in [-0.15, -0.1) is 0 Å². The lowest BCUT2D eigenvalue weighted by Crippen LogP contribution is -2.40. The molecule has 2 nitrogen and oxygen atoms in total. The second-order valence-corrected chi connectivity index (χ2v) is 5.71. The quantitative estimate of drug-likeness (QED) is 0.749. The average Bonchev–Trinajstić information content (AvgIpc) is 2.25. The van der Waals surface area contributed by atoms with Gasteiger partial charge in [-0.05, 0) is 31.6 Å². The Morgan fingerprint density at radius 3 is 2.81 bits per heavy atom. The Morgan fingerprint density at radius 2 is 2.19 bits per heavy atom. The van der Waals surface area contributed by atoms with Crippen molar-refractivity contribution in [2.24, 2.45) is 5.73 Å². The summed E-state index contributed by atoms with van der Waals surface area (Å²) in [5.41, 5.74) is 8.08. The van der Waals surface area contributed by atoms with Gasteiger partial charge in [-0.25, -0.2) is 0 Å². The standard InChI is InChI=1S/C13H21NOS/c1-11-4-3-5-12(8-11)9-16-7-6-13(2,14)10-15/h3-5,8,15H,6-7,9-10,14H2,1-2H3. The lowest BCUT2D eigenvalue weighted by Gasteiger charge is -2.20. The largest absolute Gasteiger partial charge is 0.394 e. The second kappa shape index (κ2) is 6.28. The van der Waals surface area contributed by atoms with Crippen LogP contribution >= 0.6 is 11.8 Å². The molecular formula is C13H21NOS. The van der Waals surface area contributed by atoms with Crippen LogP contribution in [0, 0.1) is 6.92 Å². The van der Waals surface area contributed by atoms with E-state index < -0.39 is 5.54 Å². The van der Waals surface area contributed by atoms with E-state index in [0.29, 0.717) is 0 Å². The number of nitrogens with two attached hydrogens (primary N) is 1. The topological polar surface area (TPSA) is 46.2 Å². The summed E-state index contributed by atoms with van der Waals surface area (Å²) < 4.78 is 0. The van der Waals surface area contributed by atoms with E-state index >= 15 is 0 Å². The number of thioether (sulfide) groups is 1. The Morgan fingerprint density at radius 1 is 1.44 bits per heavy atom. The highest BCUT2D eigenvalue weighted by Gasteiger charge is 2.15. The summed E-state index contributed by atoms with van der Waals surface area (Å²) in [6.45, 7) is 4.05. The van der Waals surface area contributed by atoms with Crippen molar-refractivity contribution < 1.29 is 5.11 Å². The van der Waals surface area contributed by atoms with Gasteiger partial charge < -0.3 is 10.8 Å². The highest BCUT2D eigenvalue weighted by Crippen LogP contribution is 2.17. The summed E-state index contributed by atoms with van der Waals surface area (Å²) in [6.07, 6.45) is 0.847. The van der Waals surface area contributed by atoms with Crippen LogP contribution in [0.5, 0.6) is 0 Å². The van der Waals surface area contributed by atoms with Gasteiger partial charge in [0, 0.05) is 11.3 Å². The van der Waals surface area contributed by atoms with Gasteiger partial charge in [-0.3, -0.25) is 0 Å². The fourth-order valence-corrected chi connectivity index (χ4v) is 2.55.